The highest BCUT2D eigenvalue weighted by Crippen LogP contribution is 2.25. The summed E-state index contributed by atoms with van der Waals surface area (Å²) in [6, 6.07) is 8.24. The summed E-state index contributed by atoms with van der Waals surface area (Å²) in [5.74, 6) is 0. The molecule has 1 aliphatic rings. The Morgan fingerprint density at radius 1 is 1.40 bits per heavy atom. The second-order valence-electron chi connectivity index (χ2n) is 3.30. The molecule has 2 nitrogen and oxygen atoms in total. The van der Waals surface area contributed by atoms with Gasteiger partial charge in [0, 0.05) is 5.57 Å². The smallest absolute Gasteiger partial charge is 0.113 e. The molecule has 1 aromatic carbocycles. The second kappa shape index (κ2) is 4.69. The fraction of sp³-hybridized carbons (Fsp3) is 0.231. The predicted molar refractivity (Wildman–Crippen MR) is 60.0 cm³/mol. The fourth-order valence-electron chi connectivity index (χ4n) is 1.56. The molecule has 0 saturated heterocycles. The van der Waals surface area contributed by atoms with Gasteiger partial charge in [0.15, 0.2) is 0 Å². The predicted octanol–water partition coefficient (Wildman–Crippen LogP) is 3.11. The first-order chi connectivity index (χ1) is 7.42. The van der Waals surface area contributed by atoms with Crippen LogP contribution < -0.4 is 0 Å². The summed E-state index contributed by atoms with van der Waals surface area (Å²) in [6.07, 6.45) is 5.41. The molecule has 2 rings (SSSR count). The van der Waals surface area contributed by atoms with E-state index in [-0.39, 0.29) is 0 Å². The van der Waals surface area contributed by atoms with E-state index in [0.717, 1.165) is 5.57 Å². The zero-order valence-corrected chi connectivity index (χ0v) is 8.77. The highest BCUT2D eigenvalue weighted by Gasteiger charge is 2.09. The minimum absolute atomic E-state index is 0.655. The van der Waals surface area contributed by atoms with Gasteiger partial charge in [-0.05, 0) is 24.1 Å². The Hall–Kier alpha value is -1.70. The lowest BCUT2D eigenvalue weighted by molar-refractivity contribution is 0.232. The summed E-state index contributed by atoms with van der Waals surface area (Å²) >= 11 is 0. The fourth-order valence-corrected chi connectivity index (χ4v) is 1.56. The Balaban J connectivity index is 2.23. The van der Waals surface area contributed by atoms with Crippen LogP contribution in [-0.2, 0) is 16.1 Å². The molecular formula is C13H14O2. The average Bonchev–Trinajstić information content (AvgIpc) is 2.30. The highest BCUT2D eigenvalue weighted by molar-refractivity contribution is 5.75. The van der Waals surface area contributed by atoms with Crippen LogP contribution in [0.1, 0.15) is 18.1 Å². The number of benzene rings is 1. The van der Waals surface area contributed by atoms with E-state index in [4.69, 9.17) is 9.47 Å². The topological polar surface area (TPSA) is 18.5 Å². The van der Waals surface area contributed by atoms with E-state index in [9.17, 15) is 0 Å². The van der Waals surface area contributed by atoms with Crippen LogP contribution in [0.4, 0.5) is 0 Å². The summed E-state index contributed by atoms with van der Waals surface area (Å²) in [5.41, 5.74) is 3.50. The van der Waals surface area contributed by atoms with Gasteiger partial charge in [0.05, 0.1) is 19.1 Å². The molecular weight excluding hydrogens is 188 g/mol. The van der Waals surface area contributed by atoms with Crippen LogP contribution >= 0.6 is 0 Å². The Morgan fingerprint density at radius 2 is 2.27 bits per heavy atom. The van der Waals surface area contributed by atoms with E-state index in [2.05, 4.69) is 12.1 Å². The number of allylic oxidation sites excluding steroid dienone is 2. The Kier molecular flexibility index (Phi) is 3.08. The first-order valence-electron chi connectivity index (χ1n) is 5.10. The van der Waals surface area contributed by atoms with Crippen LogP contribution in [0, 0.1) is 0 Å². The zero-order valence-electron chi connectivity index (χ0n) is 8.77. The van der Waals surface area contributed by atoms with Crippen molar-refractivity contribution in [2.24, 2.45) is 0 Å². The van der Waals surface area contributed by atoms with Crippen LogP contribution in [0.15, 0.2) is 42.9 Å². The maximum atomic E-state index is 5.37. The standard InChI is InChI=1S/C13H14O2/c1-2-14-8-7-12-10-15-9-11-5-3-4-6-13(11)12/h3-8,10H,2,9H2,1H3/b8-7+. The molecule has 1 aromatic rings. The molecule has 78 valence electrons. The van der Waals surface area contributed by atoms with Crippen LogP contribution in [0.2, 0.25) is 0 Å². The van der Waals surface area contributed by atoms with Gasteiger partial charge >= 0.3 is 0 Å². The first-order valence-corrected chi connectivity index (χ1v) is 5.10. The summed E-state index contributed by atoms with van der Waals surface area (Å²) in [7, 11) is 0. The van der Waals surface area contributed by atoms with Gasteiger partial charge in [0.2, 0.25) is 0 Å². The van der Waals surface area contributed by atoms with Crippen molar-refractivity contribution in [2.75, 3.05) is 6.61 Å². The number of fused-ring (bicyclic) bond motifs is 1. The molecule has 1 aliphatic heterocycles. The molecule has 1 heterocycles. The third-order valence-electron chi connectivity index (χ3n) is 2.29. The second-order valence-corrected chi connectivity index (χ2v) is 3.30. The lowest BCUT2D eigenvalue weighted by Gasteiger charge is -2.15. The number of hydrogen-bond donors (Lipinski definition) is 0. The number of rotatable bonds is 3. The largest absolute Gasteiger partial charge is 0.501 e. The minimum Gasteiger partial charge on any atom is -0.501 e. The van der Waals surface area contributed by atoms with E-state index >= 15 is 0 Å². The van der Waals surface area contributed by atoms with E-state index in [1.807, 2.05) is 25.1 Å². The van der Waals surface area contributed by atoms with Gasteiger partial charge < -0.3 is 9.47 Å². The van der Waals surface area contributed by atoms with Gasteiger partial charge in [-0.2, -0.15) is 0 Å². The van der Waals surface area contributed by atoms with Crippen LogP contribution in [0.3, 0.4) is 0 Å². The van der Waals surface area contributed by atoms with Crippen molar-refractivity contribution in [3.8, 4) is 0 Å². The van der Waals surface area contributed by atoms with E-state index < -0.39 is 0 Å². The van der Waals surface area contributed by atoms with Gasteiger partial charge in [-0.3, -0.25) is 0 Å². The summed E-state index contributed by atoms with van der Waals surface area (Å²) in [6.45, 7) is 3.30. The van der Waals surface area contributed by atoms with Gasteiger partial charge in [0.1, 0.15) is 6.61 Å². The molecule has 15 heavy (non-hydrogen) atoms. The van der Waals surface area contributed by atoms with Gasteiger partial charge in [0.25, 0.3) is 0 Å². The first kappa shape index (κ1) is 9.84. The van der Waals surface area contributed by atoms with Crippen molar-refractivity contribution in [3.05, 3.63) is 54.0 Å². The summed E-state index contributed by atoms with van der Waals surface area (Å²) in [4.78, 5) is 0. The molecule has 0 saturated carbocycles. The molecule has 0 spiro atoms. The number of hydrogen-bond acceptors (Lipinski definition) is 2. The van der Waals surface area contributed by atoms with Crippen molar-refractivity contribution in [2.45, 2.75) is 13.5 Å². The molecule has 0 N–H and O–H groups in total. The quantitative estimate of drug-likeness (QED) is 0.701. The Morgan fingerprint density at radius 3 is 3.13 bits per heavy atom. The third kappa shape index (κ3) is 2.21. The molecule has 0 aromatic heterocycles. The van der Waals surface area contributed by atoms with Gasteiger partial charge in [-0.15, -0.1) is 0 Å². The Bertz CT molecular complexity index is 391. The molecule has 0 bridgehead atoms. The van der Waals surface area contributed by atoms with E-state index in [1.165, 1.54) is 11.1 Å². The molecule has 0 unspecified atom stereocenters. The zero-order chi connectivity index (χ0) is 10.5. The van der Waals surface area contributed by atoms with Crippen LogP contribution in [0.5, 0.6) is 0 Å². The average molecular weight is 202 g/mol. The Labute approximate surface area is 89.8 Å². The minimum atomic E-state index is 0.655. The molecule has 2 heteroatoms. The lowest BCUT2D eigenvalue weighted by Crippen LogP contribution is -1.99. The van der Waals surface area contributed by atoms with E-state index in [0.29, 0.717) is 13.2 Å². The van der Waals surface area contributed by atoms with Gasteiger partial charge in [-0.25, -0.2) is 0 Å². The van der Waals surface area contributed by atoms with Crippen LogP contribution in [0.25, 0.3) is 5.57 Å². The van der Waals surface area contributed by atoms with Crippen molar-refractivity contribution in [1.29, 1.82) is 0 Å². The molecule has 0 radical (unpaired) electrons. The number of ether oxygens (including phenoxy) is 2. The van der Waals surface area contributed by atoms with Crippen LogP contribution in [-0.4, -0.2) is 6.61 Å². The maximum Gasteiger partial charge on any atom is 0.113 e. The van der Waals surface area contributed by atoms with Crippen molar-refractivity contribution in [1.82, 2.24) is 0 Å². The maximum absolute atomic E-state index is 5.37. The van der Waals surface area contributed by atoms with E-state index in [1.54, 1.807) is 12.5 Å². The molecule has 0 fully saturated rings. The lowest BCUT2D eigenvalue weighted by atomic mass is 10.00. The molecule has 0 amide bonds. The van der Waals surface area contributed by atoms with Gasteiger partial charge in [-0.1, -0.05) is 24.3 Å². The molecule has 0 aliphatic carbocycles. The third-order valence-corrected chi connectivity index (χ3v) is 2.29. The monoisotopic (exact) mass is 202 g/mol. The van der Waals surface area contributed by atoms with Crippen molar-refractivity contribution < 1.29 is 9.47 Å². The van der Waals surface area contributed by atoms with Crippen molar-refractivity contribution in [3.63, 3.8) is 0 Å². The summed E-state index contributed by atoms with van der Waals surface area (Å²) < 4.78 is 10.5. The normalized spacial score (nSPS) is 14.3. The highest BCUT2D eigenvalue weighted by atomic mass is 16.5. The molecule has 0 atom stereocenters. The summed E-state index contributed by atoms with van der Waals surface area (Å²) in [5, 5.41) is 0. The SMILES string of the molecule is CCO/C=C/C1=COCc2ccccc21. The van der Waals surface area contributed by atoms with Crippen molar-refractivity contribution >= 4 is 5.57 Å².